The minimum atomic E-state index is 0.231. The Labute approximate surface area is 92.3 Å². The van der Waals surface area contributed by atoms with Crippen LogP contribution in [0.5, 0.6) is 0 Å². The maximum atomic E-state index is 12.0. The molecule has 0 aromatic heterocycles. The SMILES string of the molecule is CC1=C(C)C2CCC/C1=C/CCCC2=O. The molecule has 1 unspecified atom stereocenters. The molecule has 0 fully saturated rings. The van der Waals surface area contributed by atoms with Crippen LogP contribution >= 0.6 is 0 Å². The van der Waals surface area contributed by atoms with E-state index in [1.165, 1.54) is 29.6 Å². The van der Waals surface area contributed by atoms with E-state index in [0.29, 0.717) is 5.78 Å². The molecule has 2 aliphatic rings. The zero-order valence-corrected chi connectivity index (χ0v) is 9.81. The third kappa shape index (κ3) is 2.06. The lowest BCUT2D eigenvalue weighted by Gasteiger charge is -2.15. The van der Waals surface area contributed by atoms with E-state index in [1.807, 2.05) is 0 Å². The normalized spacial score (nSPS) is 31.5. The van der Waals surface area contributed by atoms with Crippen molar-refractivity contribution >= 4 is 5.78 Å². The van der Waals surface area contributed by atoms with E-state index in [1.54, 1.807) is 0 Å². The van der Waals surface area contributed by atoms with Crippen LogP contribution in [0, 0.1) is 5.92 Å². The lowest BCUT2D eigenvalue weighted by Crippen LogP contribution is -2.15. The minimum Gasteiger partial charge on any atom is -0.299 e. The first-order chi connectivity index (χ1) is 7.20. The summed E-state index contributed by atoms with van der Waals surface area (Å²) in [6.45, 7) is 4.35. The van der Waals surface area contributed by atoms with Crippen LogP contribution in [0.1, 0.15) is 52.4 Å². The maximum Gasteiger partial charge on any atom is 0.140 e. The summed E-state index contributed by atoms with van der Waals surface area (Å²) in [6.07, 6.45) is 8.68. The van der Waals surface area contributed by atoms with Crippen molar-refractivity contribution in [3.8, 4) is 0 Å². The van der Waals surface area contributed by atoms with E-state index >= 15 is 0 Å². The molecule has 1 nitrogen and oxygen atoms in total. The van der Waals surface area contributed by atoms with E-state index in [4.69, 9.17) is 0 Å². The number of hydrogen-bond acceptors (Lipinski definition) is 1. The molecule has 15 heavy (non-hydrogen) atoms. The van der Waals surface area contributed by atoms with Crippen molar-refractivity contribution in [1.82, 2.24) is 0 Å². The number of hydrogen-bond donors (Lipinski definition) is 0. The predicted molar refractivity (Wildman–Crippen MR) is 62.7 cm³/mol. The van der Waals surface area contributed by atoms with Crippen LogP contribution in [0.15, 0.2) is 22.8 Å². The Bertz CT molecular complexity index is 333. The van der Waals surface area contributed by atoms with Gasteiger partial charge in [-0.3, -0.25) is 4.79 Å². The predicted octanol–water partition coefficient (Wildman–Crippen LogP) is 3.80. The smallest absolute Gasteiger partial charge is 0.140 e. The zero-order valence-electron chi connectivity index (χ0n) is 9.81. The second-order valence-corrected chi connectivity index (χ2v) is 4.84. The van der Waals surface area contributed by atoms with Gasteiger partial charge < -0.3 is 0 Å². The molecule has 1 heteroatoms. The minimum absolute atomic E-state index is 0.231. The molecule has 0 aromatic rings. The van der Waals surface area contributed by atoms with Gasteiger partial charge in [0.2, 0.25) is 0 Å². The van der Waals surface area contributed by atoms with Gasteiger partial charge in [0.05, 0.1) is 0 Å². The second kappa shape index (κ2) is 4.34. The van der Waals surface area contributed by atoms with E-state index in [2.05, 4.69) is 19.9 Å². The number of allylic oxidation sites excluding steroid dienone is 4. The van der Waals surface area contributed by atoms with Gasteiger partial charge in [0.25, 0.3) is 0 Å². The first-order valence-electron chi connectivity index (χ1n) is 6.09. The fraction of sp³-hybridized carbons (Fsp3) is 0.643. The van der Waals surface area contributed by atoms with E-state index < -0.39 is 0 Å². The third-order valence-corrected chi connectivity index (χ3v) is 3.94. The summed E-state index contributed by atoms with van der Waals surface area (Å²) in [7, 11) is 0. The molecule has 0 heterocycles. The standard InChI is InChI=1S/C14H20O/c1-10-11(2)13-8-5-7-12(10)6-3-4-9-14(13)15/h6,13H,3-5,7-9H2,1-2H3/b12-6-. The van der Waals surface area contributed by atoms with Crippen LogP contribution < -0.4 is 0 Å². The second-order valence-electron chi connectivity index (χ2n) is 4.84. The first kappa shape index (κ1) is 10.7. The van der Waals surface area contributed by atoms with Crippen molar-refractivity contribution < 1.29 is 4.79 Å². The van der Waals surface area contributed by atoms with Crippen molar-refractivity contribution in [2.24, 2.45) is 5.92 Å². The van der Waals surface area contributed by atoms with Gasteiger partial charge >= 0.3 is 0 Å². The highest BCUT2D eigenvalue weighted by atomic mass is 16.1. The lowest BCUT2D eigenvalue weighted by atomic mass is 9.88. The molecule has 0 saturated carbocycles. The topological polar surface area (TPSA) is 17.1 Å². The van der Waals surface area contributed by atoms with Crippen molar-refractivity contribution in [1.29, 1.82) is 0 Å². The van der Waals surface area contributed by atoms with Gasteiger partial charge in [-0.15, -0.1) is 0 Å². The third-order valence-electron chi connectivity index (χ3n) is 3.94. The van der Waals surface area contributed by atoms with Gasteiger partial charge in [-0.1, -0.05) is 11.6 Å². The van der Waals surface area contributed by atoms with Crippen molar-refractivity contribution in [2.45, 2.75) is 52.4 Å². The molecule has 0 spiro atoms. The average molecular weight is 204 g/mol. The monoisotopic (exact) mass is 204 g/mol. The largest absolute Gasteiger partial charge is 0.299 e. The summed E-state index contributed by atoms with van der Waals surface area (Å²) in [4.78, 5) is 12.0. The first-order valence-corrected chi connectivity index (χ1v) is 6.09. The van der Waals surface area contributed by atoms with Crippen molar-refractivity contribution in [2.75, 3.05) is 0 Å². The Balaban J connectivity index is 2.43. The van der Waals surface area contributed by atoms with Gasteiger partial charge in [0.15, 0.2) is 0 Å². The highest BCUT2D eigenvalue weighted by Crippen LogP contribution is 2.34. The molecule has 2 bridgehead atoms. The lowest BCUT2D eigenvalue weighted by molar-refractivity contribution is -0.122. The molecular weight excluding hydrogens is 184 g/mol. The number of fused-ring (bicyclic) bond motifs is 2. The number of rotatable bonds is 0. The summed E-state index contributed by atoms with van der Waals surface area (Å²) in [5.41, 5.74) is 4.24. The van der Waals surface area contributed by atoms with E-state index in [-0.39, 0.29) is 5.92 Å². The number of Topliss-reactive ketones (excluding diaryl/α,β-unsaturated/α-hetero) is 1. The Hall–Kier alpha value is -0.850. The zero-order chi connectivity index (χ0) is 10.8. The molecular formula is C14H20O. The van der Waals surface area contributed by atoms with Crippen molar-refractivity contribution in [3.05, 3.63) is 22.8 Å². The summed E-state index contributed by atoms with van der Waals surface area (Å²) < 4.78 is 0. The molecule has 0 aromatic carbocycles. The molecule has 82 valence electrons. The summed E-state index contributed by atoms with van der Waals surface area (Å²) in [5, 5.41) is 0. The molecule has 0 radical (unpaired) electrons. The van der Waals surface area contributed by atoms with Crippen LogP contribution in [0.2, 0.25) is 0 Å². The highest BCUT2D eigenvalue weighted by molar-refractivity contribution is 5.84. The van der Waals surface area contributed by atoms with E-state index in [0.717, 1.165) is 25.7 Å². The van der Waals surface area contributed by atoms with Crippen LogP contribution in [0.25, 0.3) is 0 Å². The average Bonchev–Trinajstić information content (AvgIpc) is 2.34. The fourth-order valence-electron chi connectivity index (χ4n) is 2.80. The molecule has 0 saturated heterocycles. The molecule has 1 atom stereocenters. The van der Waals surface area contributed by atoms with E-state index in [9.17, 15) is 4.79 Å². The Morgan fingerprint density at radius 3 is 2.80 bits per heavy atom. The van der Waals surface area contributed by atoms with Gasteiger partial charge in [0, 0.05) is 12.3 Å². The Kier molecular flexibility index (Phi) is 3.08. The van der Waals surface area contributed by atoms with Crippen molar-refractivity contribution in [3.63, 3.8) is 0 Å². The van der Waals surface area contributed by atoms with Crippen LogP contribution in [-0.4, -0.2) is 5.78 Å². The molecule has 2 rings (SSSR count). The molecule has 2 aliphatic carbocycles. The molecule has 0 N–H and O–H groups in total. The van der Waals surface area contributed by atoms with Crippen LogP contribution in [-0.2, 0) is 4.79 Å². The number of carbonyl (C=O) groups is 1. The number of ketones is 1. The maximum absolute atomic E-state index is 12.0. The van der Waals surface area contributed by atoms with Gasteiger partial charge in [-0.25, -0.2) is 0 Å². The summed E-state index contributed by atoms with van der Waals surface area (Å²) in [5.74, 6) is 0.706. The summed E-state index contributed by atoms with van der Waals surface area (Å²) in [6, 6.07) is 0. The van der Waals surface area contributed by atoms with Crippen LogP contribution in [0.3, 0.4) is 0 Å². The molecule has 0 aliphatic heterocycles. The quantitative estimate of drug-likeness (QED) is 0.586. The Morgan fingerprint density at radius 1 is 1.20 bits per heavy atom. The van der Waals surface area contributed by atoms with Gasteiger partial charge in [-0.2, -0.15) is 0 Å². The van der Waals surface area contributed by atoms with Crippen LogP contribution in [0.4, 0.5) is 0 Å². The highest BCUT2D eigenvalue weighted by Gasteiger charge is 2.25. The Morgan fingerprint density at radius 2 is 2.00 bits per heavy atom. The van der Waals surface area contributed by atoms with Gasteiger partial charge in [-0.05, 0) is 57.1 Å². The number of carbonyl (C=O) groups excluding carboxylic acids is 1. The summed E-state index contributed by atoms with van der Waals surface area (Å²) >= 11 is 0. The fourth-order valence-corrected chi connectivity index (χ4v) is 2.80. The molecule has 0 amide bonds. The van der Waals surface area contributed by atoms with Gasteiger partial charge in [0.1, 0.15) is 5.78 Å².